The van der Waals surface area contributed by atoms with Crippen LogP contribution in [0.4, 0.5) is 10.1 Å². The molecule has 0 aliphatic rings. The van der Waals surface area contributed by atoms with Crippen LogP contribution in [0.25, 0.3) is 0 Å². The average Bonchev–Trinajstić information content (AvgIpc) is 2.51. The van der Waals surface area contributed by atoms with Crippen LogP contribution in [0.1, 0.15) is 23.6 Å². The molecule has 0 heterocycles. The maximum absolute atomic E-state index is 13.2. The third kappa shape index (κ3) is 4.79. The molecule has 2 rings (SSSR count). The van der Waals surface area contributed by atoms with E-state index in [1.54, 1.807) is 12.4 Å². The highest BCUT2D eigenvalue weighted by atomic mass is 79.9. The van der Waals surface area contributed by atoms with Crippen LogP contribution in [0, 0.1) is 12.7 Å². The third-order valence-electron chi connectivity index (χ3n) is 3.56. The van der Waals surface area contributed by atoms with E-state index in [1.807, 2.05) is 31.0 Å². The number of halogens is 3. The van der Waals surface area contributed by atoms with Gasteiger partial charge >= 0.3 is 0 Å². The first kappa shape index (κ1) is 18.0. The van der Waals surface area contributed by atoms with Crippen LogP contribution in [-0.2, 0) is 6.42 Å². The third-order valence-corrected chi connectivity index (χ3v) is 4.74. The van der Waals surface area contributed by atoms with Crippen molar-refractivity contribution in [3.05, 3.63) is 62.3 Å². The normalized spacial score (nSPS) is 11.2. The van der Waals surface area contributed by atoms with Gasteiger partial charge < -0.3 is 4.90 Å². The molecule has 5 heteroatoms. The molecule has 0 saturated heterocycles. The standard InChI is InChI=1S/C18H19BrClFN2/c1-4-23(3)11-22-17-8-12(2)7-14(18(17)20)9-13-5-6-15(21)10-16(13)19/h5-8,10-11H,4,9H2,1-3H3. The maximum atomic E-state index is 13.2. The SMILES string of the molecule is CCN(C)C=Nc1cc(C)cc(Cc2ccc(F)cc2Br)c1Cl. The molecule has 0 radical (unpaired) electrons. The molecular weight excluding hydrogens is 379 g/mol. The number of aryl methyl sites for hydroxylation is 1. The van der Waals surface area contributed by atoms with Gasteiger partial charge in [-0.2, -0.15) is 0 Å². The average molecular weight is 398 g/mol. The molecule has 0 bridgehead atoms. The molecule has 0 saturated carbocycles. The van der Waals surface area contributed by atoms with E-state index in [1.165, 1.54) is 12.1 Å². The Morgan fingerprint density at radius 1 is 1.26 bits per heavy atom. The topological polar surface area (TPSA) is 15.6 Å². The fourth-order valence-corrected chi connectivity index (χ4v) is 2.87. The summed E-state index contributed by atoms with van der Waals surface area (Å²) in [5, 5.41) is 0.632. The zero-order valence-corrected chi connectivity index (χ0v) is 15.7. The summed E-state index contributed by atoms with van der Waals surface area (Å²) < 4.78 is 14.0. The van der Waals surface area contributed by atoms with Crippen molar-refractivity contribution >= 4 is 39.6 Å². The van der Waals surface area contributed by atoms with Gasteiger partial charge in [0.25, 0.3) is 0 Å². The quantitative estimate of drug-likeness (QED) is 0.463. The number of hydrogen-bond donors (Lipinski definition) is 0. The number of benzene rings is 2. The molecule has 2 aromatic carbocycles. The van der Waals surface area contributed by atoms with Gasteiger partial charge in [0.05, 0.1) is 17.0 Å². The number of nitrogens with zero attached hydrogens (tertiary/aromatic N) is 2. The number of hydrogen-bond acceptors (Lipinski definition) is 1. The van der Waals surface area contributed by atoms with E-state index in [2.05, 4.69) is 27.8 Å². The maximum Gasteiger partial charge on any atom is 0.124 e. The molecule has 0 fully saturated rings. The molecule has 0 unspecified atom stereocenters. The van der Waals surface area contributed by atoms with E-state index in [4.69, 9.17) is 11.6 Å². The lowest BCUT2D eigenvalue weighted by Gasteiger charge is -2.12. The molecule has 0 N–H and O–H groups in total. The van der Waals surface area contributed by atoms with Crippen molar-refractivity contribution in [2.24, 2.45) is 4.99 Å². The summed E-state index contributed by atoms with van der Waals surface area (Å²) in [6.45, 7) is 4.95. The first-order valence-corrected chi connectivity index (χ1v) is 8.55. The van der Waals surface area contributed by atoms with Crippen LogP contribution in [0.15, 0.2) is 39.8 Å². The van der Waals surface area contributed by atoms with Gasteiger partial charge in [-0.25, -0.2) is 9.38 Å². The van der Waals surface area contributed by atoms with Gasteiger partial charge in [0.15, 0.2) is 0 Å². The second-order valence-electron chi connectivity index (χ2n) is 5.49. The summed E-state index contributed by atoms with van der Waals surface area (Å²) >= 11 is 9.93. The van der Waals surface area contributed by atoms with Gasteiger partial charge in [0.2, 0.25) is 0 Å². The minimum absolute atomic E-state index is 0.260. The van der Waals surface area contributed by atoms with Gasteiger partial charge in [0.1, 0.15) is 5.82 Å². The molecule has 0 spiro atoms. The van der Waals surface area contributed by atoms with Crippen molar-refractivity contribution in [2.45, 2.75) is 20.3 Å². The molecule has 0 aliphatic carbocycles. The van der Waals surface area contributed by atoms with Crippen molar-refractivity contribution in [2.75, 3.05) is 13.6 Å². The van der Waals surface area contributed by atoms with Crippen LogP contribution < -0.4 is 0 Å². The van der Waals surface area contributed by atoms with Crippen LogP contribution in [-0.4, -0.2) is 24.8 Å². The summed E-state index contributed by atoms with van der Waals surface area (Å²) in [5.74, 6) is -0.260. The lowest BCUT2D eigenvalue weighted by atomic mass is 10.0. The Hall–Kier alpha value is -1.39. The fourth-order valence-electron chi connectivity index (χ4n) is 2.16. The largest absolute Gasteiger partial charge is 0.366 e. The molecule has 2 nitrogen and oxygen atoms in total. The van der Waals surface area contributed by atoms with Gasteiger partial charge in [-0.05, 0) is 48.7 Å². The first-order valence-electron chi connectivity index (χ1n) is 7.38. The predicted octanol–water partition coefficient (Wildman–Crippen LogP) is 5.75. The Labute approximate surface area is 150 Å². The molecule has 23 heavy (non-hydrogen) atoms. The zero-order valence-electron chi connectivity index (χ0n) is 13.4. The molecule has 0 aromatic heterocycles. The Bertz CT molecular complexity index is 731. The van der Waals surface area contributed by atoms with Crippen molar-refractivity contribution in [1.29, 1.82) is 0 Å². The zero-order chi connectivity index (χ0) is 17.0. The van der Waals surface area contributed by atoms with Crippen LogP contribution in [0.2, 0.25) is 5.02 Å². The minimum atomic E-state index is -0.260. The number of aliphatic imine (C=N–C) groups is 1. The summed E-state index contributed by atoms with van der Waals surface area (Å²) in [7, 11) is 1.96. The Kier molecular flexibility index (Phi) is 6.19. The van der Waals surface area contributed by atoms with E-state index in [-0.39, 0.29) is 5.82 Å². The number of rotatable bonds is 5. The Morgan fingerprint density at radius 3 is 2.65 bits per heavy atom. The van der Waals surface area contributed by atoms with Gasteiger partial charge in [-0.15, -0.1) is 0 Å². The Balaban J connectivity index is 2.35. The minimum Gasteiger partial charge on any atom is -0.366 e. The Morgan fingerprint density at radius 2 is 2.00 bits per heavy atom. The summed E-state index contributed by atoms with van der Waals surface area (Å²) in [6, 6.07) is 8.70. The van der Waals surface area contributed by atoms with E-state index < -0.39 is 0 Å². The second kappa shape index (κ2) is 7.93. The van der Waals surface area contributed by atoms with Crippen molar-refractivity contribution in [3.63, 3.8) is 0 Å². The predicted molar refractivity (Wildman–Crippen MR) is 99.6 cm³/mol. The highest BCUT2D eigenvalue weighted by Gasteiger charge is 2.10. The van der Waals surface area contributed by atoms with Gasteiger partial charge in [0, 0.05) is 24.5 Å². The lowest BCUT2D eigenvalue weighted by Crippen LogP contribution is -2.14. The van der Waals surface area contributed by atoms with Crippen molar-refractivity contribution in [3.8, 4) is 0 Å². The van der Waals surface area contributed by atoms with Gasteiger partial charge in [-0.1, -0.05) is 39.7 Å². The van der Waals surface area contributed by atoms with Crippen LogP contribution in [0.5, 0.6) is 0 Å². The fraction of sp³-hybridized carbons (Fsp3) is 0.278. The molecule has 122 valence electrons. The molecular formula is C18H19BrClFN2. The van der Waals surface area contributed by atoms with Gasteiger partial charge in [-0.3, -0.25) is 0 Å². The van der Waals surface area contributed by atoms with E-state index >= 15 is 0 Å². The summed E-state index contributed by atoms with van der Waals surface area (Å²) in [5.41, 5.74) is 3.80. The summed E-state index contributed by atoms with van der Waals surface area (Å²) in [6.07, 6.45) is 2.39. The highest BCUT2D eigenvalue weighted by Crippen LogP contribution is 2.33. The second-order valence-corrected chi connectivity index (χ2v) is 6.72. The molecule has 2 aromatic rings. The lowest BCUT2D eigenvalue weighted by molar-refractivity contribution is 0.552. The summed E-state index contributed by atoms with van der Waals surface area (Å²) in [4.78, 5) is 6.45. The highest BCUT2D eigenvalue weighted by molar-refractivity contribution is 9.10. The molecule has 0 atom stereocenters. The smallest absolute Gasteiger partial charge is 0.124 e. The van der Waals surface area contributed by atoms with Crippen molar-refractivity contribution in [1.82, 2.24) is 4.90 Å². The first-order chi connectivity index (χ1) is 10.9. The molecule has 0 amide bonds. The van der Waals surface area contributed by atoms with Crippen molar-refractivity contribution < 1.29 is 4.39 Å². The van der Waals surface area contributed by atoms with E-state index in [9.17, 15) is 4.39 Å². The molecule has 0 aliphatic heterocycles. The van der Waals surface area contributed by atoms with Crippen LogP contribution in [0.3, 0.4) is 0 Å². The van der Waals surface area contributed by atoms with Crippen LogP contribution >= 0.6 is 27.5 Å². The van der Waals surface area contributed by atoms with E-state index in [0.29, 0.717) is 11.4 Å². The monoisotopic (exact) mass is 396 g/mol. The van der Waals surface area contributed by atoms with E-state index in [0.717, 1.165) is 33.4 Å².